The third-order valence-electron chi connectivity index (χ3n) is 3.68. The summed E-state index contributed by atoms with van der Waals surface area (Å²) < 4.78 is 40.1. The summed E-state index contributed by atoms with van der Waals surface area (Å²) in [7, 11) is -4.22. The lowest BCUT2D eigenvalue weighted by molar-refractivity contribution is -0.116. The number of carbonyl (C=O) groups excluding carboxylic acids is 2. The van der Waals surface area contributed by atoms with Gasteiger partial charge in [0.05, 0.1) is 6.54 Å². The fraction of sp³-hybridized carbons (Fsp3) is 0.158. The van der Waals surface area contributed by atoms with E-state index in [0.717, 1.165) is 16.4 Å². The summed E-state index contributed by atoms with van der Waals surface area (Å²) in [5, 5.41) is 2.55. The van der Waals surface area contributed by atoms with Gasteiger partial charge in [-0.2, -0.15) is 4.31 Å². The van der Waals surface area contributed by atoms with Crippen molar-refractivity contribution in [3.8, 4) is 0 Å². The molecule has 0 aliphatic heterocycles. The molecule has 0 spiro atoms. The van der Waals surface area contributed by atoms with Gasteiger partial charge < -0.3 is 5.32 Å². The van der Waals surface area contributed by atoms with Gasteiger partial charge in [0.2, 0.25) is 15.9 Å². The molecule has 27 heavy (non-hydrogen) atoms. The molecule has 0 saturated carbocycles. The number of nitrogens with one attached hydrogen (secondary N) is 1. The molecular weight excluding hydrogens is 371 g/mol. The molecule has 2 aromatic rings. The highest BCUT2D eigenvalue weighted by atomic mass is 32.2. The fourth-order valence-electron chi connectivity index (χ4n) is 2.33. The average Bonchev–Trinajstić information content (AvgIpc) is 2.62. The Morgan fingerprint density at radius 1 is 1.15 bits per heavy atom. The first-order valence-corrected chi connectivity index (χ1v) is 9.46. The number of rotatable bonds is 8. The highest BCUT2D eigenvalue weighted by Gasteiger charge is 2.28. The summed E-state index contributed by atoms with van der Waals surface area (Å²) in [6, 6.07) is 11.1. The van der Waals surface area contributed by atoms with Gasteiger partial charge in [0.25, 0.3) is 0 Å². The van der Waals surface area contributed by atoms with Crippen molar-refractivity contribution in [2.75, 3.05) is 18.4 Å². The molecule has 0 aliphatic carbocycles. The van der Waals surface area contributed by atoms with Crippen LogP contribution in [-0.2, 0) is 14.8 Å². The predicted molar refractivity (Wildman–Crippen MR) is 100 cm³/mol. The van der Waals surface area contributed by atoms with E-state index in [-0.39, 0.29) is 12.3 Å². The second kappa shape index (κ2) is 8.70. The van der Waals surface area contributed by atoms with Crippen LogP contribution in [0, 0.1) is 5.82 Å². The molecule has 0 bridgehead atoms. The fourth-order valence-corrected chi connectivity index (χ4v) is 3.77. The normalized spacial score (nSPS) is 11.2. The van der Waals surface area contributed by atoms with Crippen LogP contribution in [-0.4, -0.2) is 37.5 Å². The van der Waals surface area contributed by atoms with Gasteiger partial charge in [0.1, 0.15) is 10.7 Å². The first-order chi connectivity index (χ1) is 12.8. The van der Waals surface area contributed by atoms with Crippen LogP contribution in [0.1, 0.15) is 17.3 Å². The summed E-state index contributed by atoms with van der Waals surface area (Å²) in [6.45, 7) is 4.23. The number of ketones is 1. The number of nitrogens with zero attached hydrogens (tertiary/aromatic N) is 1. The highest BCUT2D eigenvalue weighted by Crippen LogP contribution is 2.19. The molecule has 0 fully saturated rings. The number of hydrogen-bond donors (Lipinski definition) is 1. The van der Waals surface area contributed by atoms with E-state index in [1.165, 1.54) is 37.3 Å². The van der Waals surface area contributed by atoms with Gasteiger partial charge in [-0.3, -0.25) is 9.59 Å². The van der Waals surface area contributed by atoms with Crippen LogP contribution < -0.4 is 5.32 Å². The van der Waals surface area contributed by atoms with E-state index in [2.05, 4.69) is 11.9 Å². The number of hydrogen-bond acceptors (Lipinski definition) is 4. The Morgan fingerprint density at radius 2 is 1.78 bits per heavy atom. The molecule has 0 saturated heterocycles. The van der Waals surface area contributed by atoms with Gasteiger partial charge in [-0.15, -0.1) is 6.58 Å². The van der Waals surface area contributed by atoms with E-state index in [1.807, 2.05) is 0 Å². The summed E-state index contributed by atoms with van der Waals surface area (Å²) in [5.41, 5.74) is 0.898. The molecule has 0 unspecified atom stereocenters. The smallest absolute Gasteiger partial charge is 0.246 e. The predicted octanol–water partition coefficient (Wildman–Crippen LogP) is 2.84. The third-order valence-corrected chi connectivity index (χ3v) is 5.53. The molecule has 2 rings (SSSR count). The van der Waals surface area contributed by atoms with Crippen molar-refractivity contribution in [3.63, 3.8) is 0 Å². The van der Waals surface area contributed by atoms with Crippen molar-refractivity contribution < 1.29 is 22.4 Å². The van der Waals surface area contributed by atoms with E-state index in [9.17, 15) is 22.4 Å². The molecule has 2 aromatic carbocycles. The van der Waals surface area contributed by atoms with Crippen molar-refractivity contribution in [3.05, 3.63) is 72.6 Å². The maximum absolute atomic E-state index is 13.9. The van der Waals surface area contributed by atoms with Crippen LogP contribution in [0.15, 0.2) is 66.1 Å². The second-order valence-electron chi connectivity index (χ2n) is 5.70. The van der Waals surface area contributed by atoms with Crippen LogP contribution >= 0.6 is 0 Å². The molecular formula is C19H19FN2O4S. The number of halogens is 1. The second-order valence-corrected chi connectivity index (χ2v) is 7.60. The van der Waals surface area contributed by atoms with Crippen LogP contribution in [0.5, 0.6) is 0 Å². The molecule has 1 N–H and O–H groups in total. The van der Waals surface area contributed by atoms with Crippen LogP contribution in [0.2, 0.25) is 0 Å². The van der Waals surface area contributed by atoms with Gasteiger partial charge in [0.15, 0.2) is 5.78 Å². The average molecular weight is 390 g/mol. The zero-order valence-electron chi connectivity index (χ0n) is 14.7. The largest absolute Gasteiger partial charge is 0.325 e. The Labute approximate surface area is 157 Å². The molecule has 0 aromatic heterocycles. The Balaban J connectivity index is 2.17. The Kier molecular flexibility index (Phi) is 6.59. The van der Waals surface area contributed by atoms with Gasteiger partial charge in [0, 0.05) is 17.8 Å². The third kappa shape index (κ3) is 5.08. The molecule has 1 amide bonds. The molecule has 0 aliphatic rings. The lowest BCUT2D eigenvalue weighted by Gasteiger charge is -2.20. The maximum atomic E-state index is 13.9. The minimum absolute atomic E-state index is 0.110. The SMILES string of the molecule is C=CCN(CC(=O)Nc1ccc(C(C)=O)cc1)S(=O)(=O)c1ccccc1F. The first kappa shape index (κ1) is 20.5. The van der Waals surface area contributed by atoms with Gasteiger partial charge in [-0.1, -0.05) is 18.2 Å². The van der Waals surface area contributed by atoms with E-state index < -0.39 is 33.2 Å². The number of benzene rings is 2. The minimum atomic E-state index is -4.22. The molecule has 0 atom stereocenters. The minimum Gasteiger partial charge on any atom is -0.325 e. The first-order valence-electron chi connectivity index (χ1n) is 8.02. The lowest BCUT2D eigenvalue weighted by Crippen LogP contribution is -2.38. The quantitative estimate of drug-likeness (QED) is 0.555. The van der Waals surface area contributed by atoms with E-state index in [4.69, 9.17) is 0 Å². The zero-order valence-corrected chi connectivity index (χ0v) is 15.5. The number of anilines is 1. The summed E-state index contributed by atoms with van der Waals surface area (Å²) in [4.78, 5) is 23.0. The molecule has 0 heterocycles. The lowest BCUT2D eigenvalue weighted by atomic mass is 10.1. The van der Waals surface area contributed by atoms with Gasteiger partial charge in [-0.05, 0) is 43.3 Å². The standard InChI is InChI=1S/C19H19FN2O4S/c1-3-12-22(27(25,26)18-7-5-4-6-17(18)20)13-19(24)21-16-10-8-15(9-11-16)14(2)23/h3-11H,1,12-13H2,2H3,(H,21,24). The summed E-state index contributed by atoms with van der Waals surface area (Å²) in [6.07, 6.45) is 1.31. The topological polar surface area (TPSA) is 83.6 Å². The Morgan fingerprint density at radius 3 is 2.33 bits per heavy atom. The Bertz CT molecular complexity index is 956. The number of sulfonamides is 1. The van der Waals surface area contributed by atoms with E-state index in [0.29, 0.717) is 11.3 Å². The molecule has 6 nitrogen and oxygen atoms in total. The van der Waals surface area contributed by atoms with Crippen LogP contribution in [0.3, 0.4) is 0 Å². The van der Waals surface area contributed by atoms with Crippen LogP contribution in [0.25, 0.3) is 0 Å². The molecule has 8 heteroatoms. The van der Waals surface area contributed by atoms with Crippen molar-refractivity contribution in [1.29, 1.82) is 0 Å². The number of carbonyl (C=O) groups is 2. The van der Waals surface area contributed by atoms with Crippen molar-refractivity contribution in [1.82, 2.24) is 4.31 Å². The van der Waals surface area contributed by atoms with Crippen molar-refractivity contribution >= 4 is 27.4 Å². The highest BCUT2D eigenvalue weighted by molar-refractivity contribution is 7.89. The number of amides is 1. The molecule has 142 valence electrons. The summed E-state index contributed by atoms with van der Waals surface area (Å²) in [5.74, 6) is -1.61. The van der Waals surface area contributed by atoms with E-state index >= 15 is 0 Å². The number of Topliss-reactive ketones (excluding diaryl/α,β-unsaturated/α-hetero) is 1. The van der Waals surface area contributed by atoms with Gasteiger partial charge in [-0.25, -0.2) is 12.8 Å². The summed E-state index contributed by atoms with van der Waals surface area (Å²) >= 11 is 0. The molecule has 0 radical (unpaired) electrons. The monoisotopic (exact) mass is 390 g/mol. The maximum Gasteiger partial charge on any atom is 0.246 e. The Hall–Kier alpha value is -2.84. The zero-order chi connectivity index (χ0) is 20.0. The van der Waals surface area contributed by atoms with Crippen LogP contribution in [0.4, 0.5) is 10.1 Å². The van der Waals surface area contributed by atoms with Crippen molar-refractivity contribution in [2.24, 2.45) is 0 Å². The van der Waals surface area contributed by atoms with E-state index in [1.54, 1.807) is 12.1 Å². The van der Waals surface area contributed by atoms with Gasteiger partial charge >= 0.3 is 0 Å². The van der Waals surface area contributed by atoms with Crippen molar-refractivity contribution in [2.45, 2.75) is 11.8 Å².